The van der Waals surface area contributed by atoms with Crippen molar-refractivity contribution in [3.8, 4) is 0 Å². The molecule has 8 heteroatoms. The van der Waals surface area contributed by atoms with E-state index in [0.29, 0.717) is 35.1 Å². The van der Waals surface area contributed by atoms with Gasteiger partial charge in [0, 0.05) is 41.3 Å². The van der Waals surface area contributed by atoms with E-state index in [1.807, 2.05) is 11.6 Å². The molecule has 3 aliphatic rings. The van der Waals surface area contributed by atoms with Crippen molar-refractivity contribution >= 4 is 29.7 Å². The number of carbonyl (C=O) groups excluding carboxylic acids is 1. The number of imidazole rings is 1. The molecule has 27 heavy (non-hydrogen) atoms. The predicted molar refractivity (Wildman–Crippen MR) is 101 cm³/mol. The number of ether oxygens (including phenoxy) is 1. The van der Waals surface area contributed by atoms with Crippen LogP contribution in [0.15, 0.2) is 18.2 Å². The molecule has 1 amide bonds. The minimum Gasteiger partial charge on any atom is -0.377 e. The van der Waals surface area contributed by atoms with Crippen LogP contribution in [-0.4, -0.2) is 34.3 Å². The number of nitrogens with one attached hydrogen (secondary N) is 1. The molecule has 5 nitrogen and oxygen atoms in total. The third-order valence-electron chi connectivity index (χ3n) is 6.15. The largest absolute Gasteiger partial charge is 0.377 e. The van der Waals surface area contributed by atoms with Crippen LogP contribution >= 0.6 is 23.8 Å². The molecule has 2 atom stereocenters. The second-order valence-corrected chi connectivity index (χ2v) is 8.58. The molecule has 1 aromatic heterocycles. The third-order valence-corrected chi connectivity index (χ3v) is 6.88. The second-order valence-electron chi connectivity index (χ2n) is 7.78. The topological polar surface area (TPSA) is 48.2 Å². The smallest absolute Gasteiger partial charge is 0.226 e. The van der Waals surface area contributed by atoms with Crippen LogP contribution in [0.4, 0.5) is 4.39 Å². The number of carbonyl (C=O) groups is 1. The van der Waals surface area contributed by atoms with Gasteiger partial charge in [-0.3, -0.25) is 4.79 Å². The molecule has 2 fully saturated rings. The fraction of sp³-hybridized carbons (Fsp3) is 0.474. The van der Waals surface area contributed by atoms with Gasteiger partial charge in [-0.05, 0) is 42.4 Å². The maximum absolute atomic E-state index is 14.5. The Hall–Kier alpha value is -1.70. The van der Waals surface area contributed by atoms with Crippen molar-refractivity contribution in [2.45, 2.75) is 36.8 Å². The first-order valence-corrected chi connectivity index (χ1v) is 9.80. The maximum atomic E-state index is 14.5. The zero-order valence-electron chi connectivity index (χ0n) is 14.8. The Morgan fingerprint density at radius 3 is 2.96 bits per heavy atom. The summed E-state index contributed by atoms with van der Waals surface area (Å²) in [6.45, 7) is 1.77. The summed E-state index contributed by atoms with van der Waals surface area (Å²) in [5.74, 6) is -0.0928. The molecule has 0 radical (unpaired) electrons. The van der Waals surface area contributed by atoms with Gasteiger partial charge in [0.15, 0.2) is 4.77 Å². The van der Waals surface area contributed by atoms with Crippen LogP contribution in [0.1, 0.15) is 29.3 Å². The van der Waals surface area contributed by atoms with Gasteiger partial charge in [0.05, 0.1) is 25.7 Å². The van der Waals surface area contributed by atoms with Gasteiger partial charge in [-0.15, -0.1) is 0 Å². The lowest BCUT2D eigenvalue weighted by atomic mass is 9.93. The number of halogens is 2. The van der Waals surface area contributed by atoms with Crippen LogP contribution in [0.25, 0.3) is 0 Å². The lowest BCUT2D eigenvalue weighted by Gasteiger charge is -2.26. The Morgan fingerprint density at radius 1 is 1.48 bits per heavy atom. The Balaban J connectivity index is 1.48. The number of benzene rings is 1. The van der Waals surface area contributed by atoms with Crippen LogP contribution < -0.4 is 5.32 Å². The van der Waals surface area contributed by atoms with Gasteiger partial charge in [-0.2, -0.15) is 0 Å². The van der Waals surface area contributed by atoms with Crippen molar-refractivity contribution in [3.05, 3.63) is 50.8 Å². The molecule has 2 aliphatic heterocycles. The van der Waals surface area contributed by atoms with Gasteiger partial charge < -0.3 is 19.2 Å². The first kappa shape index (κ1) is 17.4. The van der Waals surface area contributed by atoms with E-state index in [4.69, 9.17) is 28.6 Å². The van der Waals surface area contributed by atoms with Crippen molar-refractivity contribution in [1.29, 1.82) is 0 Å². The van der Waals surface area contributed by atoms with E-state index in [9.17, 15) is 9.18 Å². The van der Waals surface area contributed by atoms with Crippen LogP contribution in [0, 0.1) is 10.6 Å². The third kappa shape index (κ3) is 2.52. The molecule has 1 saturated carbocycles. The molecule has 2 aromatic rings. The first-order chi connectivity index (χ1) is 12.9. The quantitative estimate of drug-likeness (QED) is 0.793. The van der Waals surface area contributed by atoms with Crippen molar-refractivity contribution in [3.63, 3.8) is 0 Å². The summed E-state index contributed by atoms with van der Waals surface area (Å²) in [6.07, 6.45) is 1.12. The fourth-order valence-corrected chi connectivity index (χ4v) is 5.06. The Morgan fingerprint density at radius 2 is 2.26 bits per heavy atom. The van der Waals surface area contributed by atoms with E-state index in [-0.39, 0.29) is 35.5 Å². The van der Waals surface area contributed by atoms with Crippen molar-refractivity contribution < 1.29 is 13.9 Å². The molecular formula is C19H19ClFN3O2S. The highest BCUT2D eigenvalue weighted by Crippen LogP contribution is 2.66. The van der Waals surface area contributed by atoms with Gasteiger partial charge in [-0.25, -0.2) is 4.39 Å². The molecule has 0 unspecified atom stereocenters. The van der Waals surface area contributed by atoms with Gasteiger partial charge in [-0.1, -0.05) is 11.6 Å². The van der Waals surface area contributed by atoms with Crippen LogP contribution in [0.5, 0.6) is 0 Å². The van der Waals surface area contributed by atoms with E-state index in [2.05, 4.69) is 9.88 Å². The van der Waals surface area contributed by atoms with Gasteiger partial charge in [0.2, 0.25) is 5.91 Å². The van der Waals surface area contributed by atoms with Crippen LogP contribution in [0.3, 0.4) is 0 Å². The normalized spacial score (nSPS) is 25.7. The van der Waals surface area contributed by atoms with E-state index in [1.54, 1.807) is 12.1 Å². The monoisotopic (exact) mass is 407 g/mol. The number of rotatable bonds is 4. The molecule has 0 bridgehead atoms. The Bertz CT molecular complexity index is 1030. The summed E-state index contributed by atoms with van der Waals surface area (Å²) >= 11 is 11.7. The molecule has 0 spiro atoms. The van der Waals surface area contributed by atoms with E-state index < -0.39 is 0 Å². The number of hydrogen-bond donors (Lipinski definition) is 1. The highest BCUT2D eigenvalue weighted by Gasteiger charge is 2.63. The Labute approximate surface area is 166 Å². The summed E-state index contributed by atoms with van der Waals surface area (Å²) in [5.41, 5.74) is 2.35. The number of hydrogen-bond acceptors (Lipinski definition) is 3. The summed E-state index contributed by atoms with van der Waals surface area (Å²) in [5, 5.41) is 3.52. The zero-order chi connectivity index (χ0) is 18.9. The van der Waals surface area contributed by atoms with E-state index >= 15 is 0 Å². The molecular weight excluding hydrogens is 389 g/mol. The molecule has 1 aromatic carbocycles. The fourth-order valence-electron chi connectivity index (χ4n) is 4.61. The van der Waals surface area contributed by atoms with Crippen molar-refractivity contribution in [1.82, 2.24) is 14.5 Å². The lowest BCUT2D eigenvalue weighted by molar-refractivity contribution is -0.124. The Kier molecular flexibility index (Phi) is 3.80. The number of nitrogens with zero attached hydrogens (tertiary/aromatic N) is 2. The first-order valence-electron chi connectivity index (χ1n) is 9.01. The molecule has 1 aliphatic carbocycles. The zero-order valence-corrected chi connectivity index (χ0v) is 16.4. The van der Waals surface area contributed by atoms with Gasteiger partial charge in [0.1, 0.15) is 5.82 Å². The van der Waals surface area contributed by atoms with Gasteiger partial charge in [0.25, 0.3) is 0 Å². The minimum absolute atomic E-state index is 0.0330. The van der Waals surface area contributed by atoms with E-state index in [0.717, 1.165) is 17.8 Å². The minimum atomic E-state index is -0.292. The van der Waals surface area contributed by atoms with Crippen molar-refractivity contribution in [2.24, 2.45) is 7.05 Å². The second kappa shape index (κ2) is 5.90. The average molecular weight is 408 g/mol. The lowest BCUT2D eigenvalue weighted by Crippen LogP contribution is -2.49. The SMILES string of the molecule is Cn1c(CC(=O)NC2COC2)c2n(c1=S)C[C@@]1(c3cc(Cl)ccc3F)C[C@@H]21. The van der Waals surface area contributed by atoms with E-state index in [1.165, 1.54) is 6.07 Å². The molecule has 1 saturated heterocycles. The standard InChI is InChI=1S/C19H19ClFN3O2S/c1-23-15(5-16(25)22-11-7-26-8-11)17-13-6-19(13,9-24(17)18(23)27)12-4-10(20)2-3-14(12)21/h2-4,11,13H,5-9H2,1H3,(H,22,25)/t13-,19+/m0/s1. The number of aromatic nitrogens is 2. The highest BCUT2D eigenvalue weighted by atomic mass is 35.5. The molecule has 142 valence electrons. The summed E-state index contributed by atoms with van der Waals surface area (Å²) in [4.78, 5) is 12.4. The van der Waals surface area contributed by atoms with Gasteiger partial charge >= 0.3 is 0 Å². The van der Waals surface area contributed by atoms with Crippen LogP contribution in [-0.2, 0) is 35.0 Å². The highest BCUT2D eigenvalue weighted by molar-refractivity contribution is 7.71. The summed E-state index contributed by atoms with van der Waals surface area (Å²) in [6, 6.07) is 4.83. The molecule has 1 N–H and O–H groups in total. The summed E-state index contributed by atoms with van der Waals surface area (Å²) in [7, 11) is 1.90. The maximum Gasteiger partial charge on any atom is 0.226 e. The summed E-state index contributed by atoms with van der Waals surface area (Å²) < 4.78 is 24.3. The van der Waals surface area contributed by atoms with Crippen molar-refractivity contribution in [2.75, 3.05) is 13.2 Å². The average Bonchev–Trinajstić information content (AvgIpc) is 3.16. The molecule has 3 heterocycles. The molecule has 5 rings (SSSR count). The number of fused-ring (bicyclic) bond motifs is 3. The number of amides is 1. The predicted octanol–water partition coefficient (Wildman–Crippen LogP) is 2.84. The van der Waals surface area contributed by atoms with Crippen LogP contribution in [0.2, 0.25) is 5.02 Å².